The van der Waals surface area contributed by atoms with Crippen molar-refractivity contribution in [3.8, 4) is 22.5 Å². The van der Waals surface area contributed by atoms with Crippen molar-refractivity contribution in [3.63, 3.8) is 0 Å². The Labute approximate surface area is 226 Å². The molecule has 0 amide bonds. The number of hydrogen-bond donors (Lipinski definition) is 0. The second-order valence-corrected chi connectivity index (χ2v) is 12.5. The van der Waals surface area contributed by atoms with E-state index in [1.54, 1.807) is 0 Å². The average molecular weight is 497 g/mol. The van der Waals surface area contributed by atoms with Crippen LogP contribution in [0.4, 0.5) is 0 Å². The van der Waals surface area contributed by atoms with Crippen molar-refractivity contribution in [1.29, 1.82) is 0 Å². The summed E-state index contributed by atoms with van der Waals surface area (Å²) in [7, 11) is 0. The number of para-hydroxylation sites is 2. The van der Waals surface area contributed by atoms with Gasteiger partial charge in [-0.1, -0.05) is 102 Å². The van der Waals surface area contributed by atoms with E-state index in [9.17, 15) is 0 Å². The van der Waals surface area contributed by atoms with Crippen molar-refractivity contribution >= 4 is 21.8 Å². The lowest BCUT2D eigenvalue weighted by Gasteiger charge is -2.17. The van der Waals surface area contributed by atoms with Gasteiger partial charge < -0.3 is 9.13 Å². The van der Waals surface area contributed by atoms with Crippen LogP contribution in [-0.4, -0.2) is 9.13 Å². The van der Waals surface area contributed by atoms with Crippen LogP contribution in [0.3, 0.4) is 0 Å². The van der Waals surface area contributed by atoms with E-state index in [0.29, 0.717) is 0 Å². The number of benzene rings is 4. The molecule has 0 bridgehead atoms. The molecule has 38 heavy (non-hydrogen) atoms. The van der Waals surface area contributed by atoms with Gasteiger partial charge in [0.25, 0.3) is 0 Å². The first-order valence-corrected chi connectivity index (χ1v) is 13.5. The zero-order chi connectivity index (χ0) is 26.7. The molecule has 0 fully saturated rings. The Morgan fingerprint density at radius 2 is 0.763 bits per heavy atom. The Balaban J connectivity index is 1.34. The fourth-order valence-corrected chi connectivity index (χ4v) is 5.61. The van der Waals surface area contributed by atoms with Crippen molar-refractivity contribution in [2.45, 2.75) is 52.4 Å². The summed E-state index contributed by atoms with van der Waals surface area (Å²) >= 11 is 0. The first-order chi connectivity index (χ1) is 18.1. The third-order valence-electron chi connectivity index (χ3n) is 7.66. The molecule has 0 unspecified atom stereocenters. The summed E-state index contributed by atoms with van der Waals surface area (Å²) in [6.07, 6.45) is 4.61. The van der Waals surface area contributed by atoms with Gasteiger partial charge in [-0.3, -0.25) is 0 Å². The standard InChI is InChI=1S/C36H36N2/c1-35(2,3)31-23-37(33-13-9-7-11-29(31)33)27-19-15-25(16-20-27)26-17-21-28(22-18-26)38-24-32(36(4,5)6)30-12-8-10-14-34(30)38/h7-24H,1-6H3. The molecule has 4 aromatic carbocycles. The maximum atomic E-state index is 2.33. The van der Waals surface area contributed by atoms with Crippen LogP contribution in [0.5, 0.6) is 0 Å². The van der Waals surface area contributed by atoms with Gasteiger partial charge in [0.2, 0.25) is 0 Å². The van der Waals surface area contributed by atoms with Crippen LogP contribution in [0.25, 0.3) is 44.3 Å². The van der Waals surface area contributed by atoms with Crippen molar-refractivity contribution in [2.24, 2.45) is 0 Å². The van der Waals surface area contributed by atoms with Gasteiger partial charge in [0.05, 0.1) is 11.0 Å². The fraction of sp³-hybridized carbons (Fsp3) is 0.222. The molecule has 0 N–H and O–H groups in total. The first kappa shape index (κ1) is 24.3. The Bertz CT molecular complexity index is 1610. The molecule has 0 aliphatic carbocycles. The van der Waals surface area contributed by atoms with Crippen LogP contribution >= 0.6 is 0 Å². The van der Waals surface area contributed by atoms with Crippen LogP contribution in [0.2, 0.25) is 0 Å². The highest BCUT2D eigenvalue weighted by Crippen LogP contribution is 2.35. The molecule has 0 spiro atoms. The highest BCUT2D eigenvalue weighted by Gasteiger charge is 2.21. The molecule has 0 saturated carbocycles. The molecule has 6 rings (SSSR count). The minimum absolute atomic E-state index is 0.0885. The third kappa shape index (κ3) is 4.15. The molecule has 0 radical (unpaired) electrons. The lowest BCUT2D eigenvalue weighted by atomic mass is 9.87. The van der Waals surface area contributed by atoms with Gasteiger partial charge in [0.1, 0.15) is 0 Å². The molecule has 6 aromatic rings. The van der Waals surface area contributed by atoms with Gasteiger partial charge in [0, 0.05) is 34.5 Å². The van der Waals surface area contributed by atoms with E-state index in [4.69, 9.17) is 0 Å². The lowest BCUT2D eigenvalue weighted by molar-refractivity contribution is 0.594. The molecule has 0 aliphatic rings. The number of nitrogens with zero attached hydrogens (tertiary/aromatic N) is 2. The van der Waals surface area contributed by atoms with Crippen LogP contribution in [-0.2, 0) is 10.8 Å². The number of aromatic nitrogens is 2. The maximum Gasteiger partial charge on any atom is 0.0531 e. The van der Waals surface area contributed by atoms with Gasteiger partial charge >= 0.3 is 0 Å². The van der Waals surface area contributed by atoms with Crippen molar-refractivity contribution in [3.05, 3.63) is 121 Å². The molecule has 0 saturated heterocycles. The van der Waals surface area contributed by atoms with E-state index in [1.165, 1.54) is 55.4 Å². The topological polar surface area (TPSA) is 9.86 Å². The van der Waals surface area contributed by atoms with Gasteiger partial charge in [-0.25, -0.2) is 0 Å². The Kier molecular flexibility index (Phi) is 5.61. The van der Waals surface area contributed by atoms with E-state index in [0.717, 1.165) is 0 Å². The van der Waals surface area contributed by atoms with E-state index < -0.39 is 0 Å². The Morgan fingerprint density at radius 1 is 0.421 bits per heavy atom. The van der Waals surface area contributed by atoms with E-state index in [2.05, 4.69) is 160 Å². The van der Waals surface area contributed by atoms with E-state index in [1.807, 2.05) is 0 Å². The summed E-state index contributed by atoms with van der Waals surface area (Å²) < 4.78 is 4.65. The zero-order valence-corrected chi connectivity index (χ0v) is 23.3. The molecular weight excluding hydrogens is 460 g/mol. The summed E-state index contributed by atoms with van der Waals surface area (Å²) in [6.45, 7) is 13.7. The SMILES string of the molecule is CC(C)(C)c1cn(-c2ccc(-c3ccc(-n4cc(C(C)(C)C)c5ccccc54)cc3)cc2)c2ccccc12. The predicted molar refractivity (Wildman–Crippen MR) is 163 cm³/mol. The number of fused-ring (bicyclic) bond motifs is 2. The van der Waals surface area contributed by atoms with Gasteiger partial charge in [-0.15, -0.1) is 0 Å². The minimum atomic E-state index is 0.0885. The highest BCUT2D eigenvalue weighted by molar-refractivity contribution is 5.88. The summed E-state index contributed by atoms with van der Waals surface area (Å²) in [4.78, 5) is 0. The van der Waals surface area contributed by atoms with Gasteiger partial charge in [-0.2, -0.15) is 0 Å². The second kappa shape index (κ2) is 8.77. The van der Waals surface area contributed by atoms with Crippen molar-refractivity contribution in [2.75, 3.05) is 0 Å². The predicted octanol–water partition coefficient (Wildman–Crippen LogP) is 9.84. The van der Waals surface area contributed by atoms with E-state index in [-0.39, 0.29) is 10.8 Å². The van der Waals surface area contributed by atoms with Crippen molar-refractivity contribution in [1.82, 2.24) is 9.13 Å². The van der Waals surface area contributed by atoms with E-state index >= 15 is 0 Å². The Morgan fingerprint density at radius 3 is 1.11 bits per heavy atom. The normalized spacial score (nSPS) is 12.5. The molecule has 0 atom stereocenters. The zero-order valence-electron chi connectivity index (χ0n) is 23.3. The monoisotopic (exact) mass is 496 g/mol. The summed E-state index contributed by atoms with van der Waals surface area (Å²) in [5, 5.41) is 2.65. The smallest absolute Gasteiger partial charge is 0.0531 e. The molecular formula is C36H36N2. The van der Waals surface area contributed by atoms with Crippen molar-refractivity contribution < 1.29 is 0 Å². The molecule has 2 heteroatoms. The summed E-state index contributed by atoms with van der Waals surface area (Å²) in [6, 6.07) is 35.3. The van der Waals surface area contributed by atoms with Crippen LogP contribution < -0.4 is 0 Å². The van der Waals surface area contributed by atoms with Gasteiger partial charge in [-0.05, 0) is 69.5 Å². The first-order valence-electron chi connectivity index (χ1n) is 13.5. The second-order valence-electron chi connectivity index (χ2n) is 12.5. The third-order valence-corrected chi connectivity index (χ3v) is 7.66. The number of hydrogen-bond acceptors (Lipinski definition) is 0. The minimum Gasteiger partial charge on any atom is -0.316 e. The number of rotatable bonds is 3. The molecule has 2 nitrogen and oxygen atoms in total. The molecule has 0 aliphatic heterocycles. The molecule has 2 heterocycles. The Hall–Kier alpha value is -4.04. The fourth-order valence-electron chi connectivity index (χ4n) is 5.61. The lowest BCUT2D eigenvalue weighted by Crippen LogP contribution is -2.10. The van der Waals surface area contributed by atoms with Crippen LogP contribution in [0.15, 0.2) is 109 Å². The summed E-state index contributed by atoms with van der Waals surface area (Å²) in [5.74, 6) is 0. The average Bonchev–Trinajstić information content (AvgIpc) is 3.49. The van der Waals surface area contributed by atoms with Crippen LogP contribution in [0.1, 0.15) is 52.7 Å². The molecule has 2 aromatic heterocycles. The quantitative estimate of drug-likeness (QED) is 0.231. The van der Waals surface area contributed by atoms with Crippen LogP contribution in [0, 0.1) is 0 Å². The maximum absolute atomic E-state index is 2.33. The largest absolute Gasteiger partial charge is 0.316 e. The summed E-state index contributed by atoms with van der Waals surface area (Å²) in [5.41, 5.74) is 10.2. The van der Waals surface area contributed by atoms with Gasteiger partial charge in [0.15, 0.2) is 0 Å². The molecule has 190 valence electrons. The highest BCUT2D eigenvalue weighted by atomic mass is 15.0.